The van der Waals surface area contributed by atoms with Crippen molar-refractivity contribution in [3.05, 3.63) is 28.2 Å². The van der Waals surface area contributed by atoms with E-state index in [0.29, 0.717) is 6.07 Å². The first kappa shape index (κ1) is 15.8. The zero-order valence-electron chi connectivity index (χ0n) is 10.8. The molecule has 20 heavy (non-hydrogen) atoms. The van der Waals surface area contributed by atoms with Crippen LogP contribution < -0.4 is 5.73 Å². The molecule has 2 N–H and O–H groups in total. The molecule has 1 aromatic rings. The molecule has 4 nitrogen and oxygen atoms in total. The third-order valence-electron chi connectivity index (χ3n) is 3.22. The zero-order chi connectivity index (χ0) is 15.1. The van der Waals surface area contributed by atoms with Crippen molar-refractivity contribution < 1.29 is 17.2 Å². The van der Waals surface area contributed by atoms with Gasteiger partial charge in [0.1, 0.15) is 16.5 Å². The molecular formula is C12H15BrF2N2O2S. The molecule has 1 aromatic carbocycles. The standard InChI is InChI=1S/C12H15BrF2N2O2S/c1-7-2-9(16)6-17(5-7)20(18,19)12-10(13)3-8(14)4-11(12)15/h3-4,7,9H,2,5-6,16H2,1H3. The number of rotatable bonds is 2. The van der Waals surface area contributed by atoms with Gasteiger partial charge in [0.2, 0.25) is 10.0 Å². The number of nitrogens with two attached hydrogens (primary N) is 1. The Morgan fingerprint density at radius 2 is 2.00 bits per heavy atom. The normalized spacial score (nSPS) is 24.9. The minimum atomic E-state index is -4.04. The van der Waals surface area contributed by atoms with Gasteiger partial charge in [-0.1, -0.05) is 6.92 Å². The van der Waals surface area contributed by atoms with Crippen LogP contribution in [-0.4, -0.2) is 31.9 Å². The second-order valence-electron chi connectivity index (χ2n) is 5.12. The SMILES string of the molecule is CC1CC(N)CN(S(=O)(=O)c2c(F)cc(F)cc2Br)C1. The summed E-state index contributed by atoms with van der Waals surface area (Å²) in [6, 6.07) is 1.21. The Morgan fingerprint density at radius 3 is 2.55 bits per heavy atom. The number of hydrogen-bond donors (Lipinski definition) is 1. The van der Waals surface area contributed by atoms with Crippen molar-refractivity contribution in [2.45, 2.75) is 24.3 Å². The average Bonchev–Trinajstić information content (AvgIpc) is 2.25. The van der Waals surface area contributed by atoms with Gasteiger partial charge in [-0.2, -0.15) is 4.31 Å². The first-order chi connectivity index (χ1) is 9.21. The summed E-state index contributed by atoms with van der Waals surface area (Å²) in [5, 5.41) is 0. The quantitative estimate of drug-likeness (QED) is 0.868. The molecule has 0 aromatic heterocycles. The summed E-state index contributed by atoms with van der Waals surface area (Å²) >= 11 is 2.91. The molecule has 0 radical (unpaired) electrons. The molecule has 1 heterocycles. The number of benzene rings is 1. The molecule has 8 heteroatoms. The second-order valence-corrected chi connectivity index (χ2v) is 7.85. The molecule has 112 valence electrons. The van der Waals surface area contributed by atoms with Crippen LogP contribution in [0.1, 0.15) is 13.3 Å². The van der Waals surface area contributed by atoms with E-state index in [9.17, 15) is 17.2 Å². The molecule has 0 spiro atoms. The third kappa shape index (κ3) is 3.03. The molecule has 2 unspecified atom stereocenters. The van der Waals surface area contributed by atoms with Crippen molar-refractivity contribution in [2.24, 2.45) is 11.7 Å². The summed E-state index contributed by atoms with van der Waals surface area (Å²) in [5.41, 5.74) is 5.82. The highest BCUT2D eigenvalue weighted by atomic mass is 79.9. The Balaban J connectivity index is 2.45. The Morgan fingerprint density at radius 1 is 1.35 bits per heavy atom. The topological polar surface area (TPSA) is 63.4 Å². The molecule has 0 bridgehead atoms. The van der Waals surface area contributed by atoms with Crippen LogP contribution in [0.2, 0.25) is 0 Å². The molecule has 0 aliphatic carbocycles. The Bertz CT molecular complexity index is 591. The molecule has 1 aliphatic heterocycles. The summed E-state index contributed by atoms with van der Waals surface area (Å²) in [7, 11) is -4.04. The number of piperidine rings is 1. The Kier molecular flexibility index (Phi) is 4.48. The molecule has 1 fully saturated rings. The highest BCUT2D eigenvalue weighted by molar-refractivity contribution is 9.10. The average molecular weight is 369 g/mol. The van der Waals surface area contributed by atoms with E-state index in [1.807, 2.05) is 6.92 Å². The van der Waals surface area contributed by atoms with Crippen LogP contribution >= 0.6 is 15.9 Å². The van der Waals surface area contributed by atoms with E-state index >= 15 is 0 Å². The highest BCUT2D eigenvalue weighted by Crippen LogP contribution is 2.31. The summed E-state index contributed by atoms with van der Waals surface area (Å²) in [6.07, 6.45) is 0.721. The van der Waals surface area contributed by atoms with Gasteiger partial charge in [-0.05, 0) is 34.3 Å². The number of hydrogen-bond acceptors (Lipinski definition) is 3. The monoisotopic (exact) mass is 368 g/mol. The minimum Gasteiger partial charge on any atom is -0.326 e. The van der Waals surface area contributed by atoms with E-state index < -0.39 is 26.6 Å². The molecule has 2 rings (SSSR count). The molecule has 1 saturated heterocycles. The predicted molar refractivity (Wildman–Crippen MR) is 74.6 cm³/mol. The van der Waals surface area contributed by atoms with Crippen LogP contribution in [0, 0.1) is 17.6 Å². The van der Waals surface area contributed by atoms with E-state index in [2.05, 4.69) is 15.9 Å². The lowest BCUT2D eigenvalue weighted by atomic mass is 9.99. The Labute approximate surface area is 125 Å². The van der Waals surface area contributed by atoms with Crippen molar-refractivity contribution in [1.29, 1.82) is 0 Å². The lowest BCUT2D eigenvalue weighted by molar-refractivity contribution is 0.253. The highest BCUT2D eigenvalue weighted by Gasteiger charge is 2.35. The lowest BCUT2D eigenvalue weighted by Gasteiger charge is -2.34. The van der Waals surface area contributed by atoms with E-state index in [-0.39, 0.29) is 29.5 Å². The van der Waals surface area contributed by atoms with Gasteiger partial charge >= 0.3 is 0 Å². The van der Waals surface area contributed by atoms with Crippen molar-refractivity contribution in [3.8, 4) is 0 Å². The van der Waals surface area contributed by atoms with E-state index in [4.69, 9.17) is 5.73 Å². The summed E-state index contributed by atoms with van der Waals surface area (Å²) in [6.45, 7) is 2.30. The van der Waals surface area contributed by atoms with Crippen LogP contribution in [-0.2, 0) is 10.0 Å². The summed E-state index contributed by atoms with van der Waals surface area (Å²) in [5.74, 6) is -1.85. The van der Waals surface area contributed by atoms with Crippen molar-refractivity contribution in [2.75, 3.05) is 13.1 Å². The fraction of sp³-hybridized carbons (Fsp3) is 0.500. The van der Waals surface area contributed by atoms with Gasteiger partial charge in [-0.15, -0.1) is 0 Å². The first-order valence-corrected chi connectivity index (χ1v) is 8.35. The lowest BCUT2D eigenvalue weighted by Crippen LogP contribution is -2.48. The third-order valence-corrected chi connectivity index (χ3v) is 6.02. The van der Waals surface area contributed by atoms with Crippen LogP contribution in [0.5, 0.6) is 0 Å². The van der Waals surface area contributed by atoms with Crippen molar-refractivity contribution >= 4 is 26.0 Å². The molecule has 0 amide bonds. The van der Waals surface area contributed by atoms with Crippen molar-refractivity contribution in [1.82, 2.24) is 4.31 Å². The van der Waals surface area contributed by atoms with Gasteiger partial charge in [-0.3, -0.25) is 0 Å². The van der Waals surface area contributed by atoms with Gasteiger partial charge in [0.05, 0.1) is 0 Å². The van der Waals surface area contributed by atoms with Crippen LogP contribution in [0.4, 0.5) is 8.78 Å². The number of nitrogens with zero attached hydrogens (tertiary/aromatic N) is 1. The fourth-order valence-electron chi connectivity index (χ4n) is 2.45. The number of halogens is 3. The van der Waals surface area contributed by atoms with E-state index in [0.717, 1.165) is 16.8 Å². The van der Waals surface area contributed by atoms with Gasteiger partial charge in [0.25, 0.3) is 0 Å². The first-order valence-electron chi connectivity index (χ1n) is 6.12. The van der Waals surface area contributed by atoms with Crippen LogP contribution in [0.15, 0.2) is 21.5 Å². The molecule has 1 aliphatic rings. The summed E-state index contributed by atoms with van der Waals surface area (Å²) < 4.78 is 53.0. The maximum Gasteiger partial charge on any atom is 0.247 e. The molecule has 2 atom stereocenters. The molecular weight excluding hydrogens is 354 g/mol. The van der Waals surface area contributed by atoms with Gasteiger partial charge in [-0.25, -0.2) is 17.2 Å². The predicted octanol–water partition coefficient (Wildman–Crippen LogP) is 2.09. The van der Waals surface area contributed by atoms with E-state index in [1.54, 1.807) is 0 Å². The largest absolute Gasteiger partial charge is 0.326 e. The van der Waals surface area contributed by atoms with Gasteiger partial charge in [0.15, 0.2) is 0 Å². The van der Waals surface area contributed by atoms with Crippen LogP contribution in [0.3, 0.4) is 0 Å². The van der Waals surface area contributed by atoms with E-state index in [1.165, 1.54) is 0 Å². The van der Waals surface area contributed by atoms with Gasteiger partial charge in [0, 0.05) is 29.7 Å². The molecule has 0 saturated carbocycles. The minimum absolute atomic E-state index is 0.0933. The van der Waals surface area contributed by atoms with Gasteiger partial charge < -0.3 is 5.73 Å². The maximum absolute atomic E-state index is 13.8. The second kappa shape index (κ2) is 5.67. The Hall–Kier alpha value is -0.570. The number of sulfonamides is 1. The smallest absolute Gasteiger partial charge is 0.247 e. The maximum atomic E-state index is 13.8. The summed E-state index contributed by atoms with van der Waals surface area (Å²) in [4.78, 5) is -0.541. The van der Waals surface area contributed by atoms with Crippen LogP contribution in [0.25, 0.3) is 0 Å². The zero-order valence-corrected chi connectivity index (χ0v) is 13.2. The van der Waals surface area contributed by atoms with Crippen molar-refractivity contribution in [3.63, 3.8) is 0 Å². The fourth-order valence-corrected chi connectivity index (χ4v) is 5.18.